The van der Waals surface area contributed by atoms with Crippen LogP contribution in [-0.4, -0.2) is 6.10 Å². The first kappa shape index (κ1) is 17.1. The van der Waals surface area contributed by atoms with Crippen LogP contribution < -0.4 is 0 Å². The van der Waals surface area contributed by atoms with E-state index >= 15 is 0 Å². The van der Waals surface area contributed by atoms with E-state index in [9.17, 15) is 0 Å². The monoisotopic (exact) mass is 332 g/mol. The Balaban J connectivity index is 2.11. The number of fused-ring (bicyclic) bond motifs is 1. The number of benzene rings is 2. The summed E-state index contributed by atoms with van der Waals surface area (Å²) in [6, 6.07) is 18.4. The third-order valence-corrected chi connectivity index (χ3v) is 3.87. The van der Waals surface area contributed by atoms with Crippen molar-refractivity contribution in [3.05, 3.63) is 82.8 Å². The van der Waals surface area contributed by atoms with Crippen LogP contribution in [0.25, 0.3) is 17.6 Å². The van der Waals surface area contributed by atoms with Gasteiger partial charge in [0.05, 0.1) is 6.10 Å². The van der Waals surface area contributed by atoms with Crippen LogP contribution in [0.5, 0.6) is 0 Å². The van der Waals surface area contributed by atoms with Gasteiger partial charge in [0.25, 0.3) is 0 Å². The van der Waals surface area contributed by atoms with Gasteiger partial charge >= 0.3 is 0 Å². The Morgan fingerprint density at radius 2 is 1.76 bits per heavy atom. The Kier molecular flexibility index (Phi) is 5.42. The third-order valence-electron chi connectivity index (χ3n) is 3.87. The van der Waals surface area contributed by atoms with Crippen molar-refractivity contribution < 1.29 is 9.47 Å². The first-order valence-electron chi connectivity index (χ1n) is 8.88. The molecule has 0 saturated heterocycles. The number of rotatable bonds is 5. The average Bonchev–Trinajstić information content (AvgIpc) is 2.62. The van der Waals surface area contributed by atoms with E-state index < -0.39 is 0 Å². The lowest BCUT2D eigenvalue weighted by atomic mass is 10.0. The van der Waals surface area contributed by atoms with Gasteiger partial charge in [-0.1, -0.05) is 55.5 Å². The highest BCUT2D eigenvalue weighted by Crippen LogP contribution is 2.34. The van der Waals surface area contributed by atoms with Crippen molar-refractivity contribution in [2.45, 2.75) is 39.7 Å². The summed E-state index contributed by atoms with van der Waals surface area (Å²) < 4.78 is 12.2. The van der Waals surface area contributed by atoms with Gasteiger partial charge in [-0.3, -0.25) is 0 Å². The molecule has 0 N–H and O–H groups in total. The molecule has 2 heteroatoms. The molecule has 128 valence electrons. The van der Waals surface area contributed by atoms with Gasteiger partial charge < -0.3 is 9.47 Å². The summed E-state index contributed by atoms with van der Waals surface area (Å²) in [4.78, 5) is 0. The molecule has 0 radical (unpaired) electrons. The fourth-order valence-electron chi connectivity index (χ4n) is 2.79. The number of allylic oxidation sites excluding steroid dienone is 1. The third kappa shape index (κ3) is 4.23. The molecule has 1 aliphatic rings. The van der Waals surface area contributed by atoms with Crippen molar-refractivity contribution in [3.63, 3.8) is 0 Å². The summed E-state index contributed by atoms with van der Waals surface area (Å²) in [5, 5.41) is 0. The van der Waals surface area contributed by atoms with Gasteiger partial charge in [0.2, 0.25) is 0 Å². The molecule has 0 aromatic heterocycles. The van der Waals surface area contributed by atoms with E-state index in [1.165, 1.54) is 0 Å². The van der Waals surface area contributed by atoms with Crippen LogP contribution in [0.3, 0.4) is 0 Å². The van der Waals surface area contributed by atoms with E-state index in [1.54, 1.807) is 0 Å². The fourth-order valence-corrected chi connectivity index (χ4v) is 2.79. The Labute approximate surface area is 150 Å². The highest BCUT2D eigenvalue weighted by Gasteiger charge is 2.18. The van der Waals surface area contributed by atoms with Gasteiger partial charge in [0, 0.05) is 17.5 Å². The molecule has 3 rings (SSSR count). The SMILES string of the molecule is CCCC(=C=C1OC(c2ccccc2)=Cc2ccccc21)OC(C)C. The molecule has 0 bridgehead atoms. The number of hydrogen-bond acceptors (Lipinski definition) is 2. The van der Waals surface area contributed by atoms with E-state index in [2.05, 4.69) is 43.0 Å². The quantitative estimate of drug-likeness (QED) is 0.475. The lowest BCUT2D eigenvalue weighted by Crippen LogP contribution is -2.04. The molecule has 1 heterocycles. The van der Waals surface area contributed by atoms with E-state index in [4.69, 9.17) is 9.47 Å². The summed E-state index contributed by atoms with van der Waals surface area (Å²) in [7, 11) is 0. The van der Waals surface area contributed by atoms with Gasteiger partial charge in [0.1, 0.15) is 11.5 Å². The standard InChI is InChI=1S/C23H24O2/c1-4-10-20(24-17(2)3)16-23-21-14-9-8-13-19(21)15-22(25-23)18-11-6-5-7-12-18/h5-9,11-15,17H,4,10H2,1-3H3. The highest BCUT2D eigenvalue weighted by atomic mass is 16.5. The summed E-state index contributed by atoms with van der Waals surface area (Å²) in [5.74, 6) is 2.40. The Morgan fingerprint density at radius 3 is 2.48 bits per heavy atom. The number of hydrogen-bond donors (Lipinski definition) is 0. The first-order chi connectivity index (χ1) is 12.2. The Bertz CT molecular complexity index is 822. The zero-order valence-electron chi connectivity index (χ0n) is 15.1. The average molecular weight is 332 g/mol. The highest BCUT2D eigenvalue weighted by molar-refractivity contribution is 5.88. The predicted octanol–water partition coefficient (Wildman–Crippen LogP) is 6.26. The molecule has 0 saturated carbocycles. The van der Waals surface area contributed by atoms with Crippen LogP contribution in [-0.2, 0) is 9.47 Å². The molecule has 0 spiro atoms. The second-order valence-corrected chi connectivity index (χ2v) is 6.36. The largest absolute Gasteiger partial charge is 0.487 e. The topological polar surface area (TPSA) is 18.5 Å². The molecule has 2 nitrogen and oxygen atoms in total. The van der Waals surface area contributed by atoms with Crippen LogP contribution in [0.2, 0.25) is 0 Å². The summed E-state index contributed by atoms with van der Waals surface area (Å²) >= 11 is 0. The van der Waals surface area contributed by atoms with Crippen molar-refractivity contribution in [3.8, 4) is 0 Å². The molecule has 2 aromatic rings. The molecule has 0 fully saturated rings. The van der Waals surface area contributed by atoms with Crippen molar-refractivity contribution >= 4 is 17.6 Å². The minimum atomic E-state index is 0.123. The number of ether oxygens (including phenoxy) is 2. The predicted molar refractivity (Wildman–Crippen MR) is 103 cm³/mol. The van der Waals surface area contributed by atoms with Crippen molar-refractivity contribution in [2.75, 3.05) is 0 Å². The van der Waals surface area contributed by atoms with Gasteiger partial charge in [-0.15, -0.1) is 0 Å². The lowest BCUT2D eigenvalue weighted by molar-refractivity contribution is 0.140. The van der Waals surface area contributed by atoms with Gasteiger partial charge in [-0.2, -0.15) is 0 Å². The zero-order chi connectivity index (χ0) is 17.6. The smallest absolute Gasteiger partial charge is 0.180 e. The van der Waals surface area contributed by atoms with Crippen molar-refractivity contribution in [1.82, 2.24) is 0 Å². The minimum Gasteiger partial charge on any atom is -0.487 e. The second-order valence-electron chi connectivity index (χ2n) is 6.36. The minimum absolute atomic E-state index is 0.123. The fraction of sp³-hybridized carbons (Fsp3) is 0.261. The van der Waals surface area contributed by atoms with Crippen LogP contribution >= 0.6 is 0 Å². The first-order valence-corrected chi connectivity index (χ1v) is 8.88. The summed E-state index contributed by atoms with van der Waals surface area (Å²) in [6.07, 6.45) is 4.05. The summed E-state index contributed by atoms with van der Waals surface area (Å²) in [6.45, 7) is 6.21. The van der Waals surface area contributed by atoms with Gasteiger partial charge in [-0.05, 0) is 43.7 Å². The molecule has 2 aromatic carbocycles. The molecule has 0 aliphatic carbocycles. The summed E-state index contributed by atoms with van der Waals surface area (Å²) in [5.41, 5.74) is 6.63. The van der Waals surface area contributed by atoms with Crippen molar-refractivity contribution in [2.24, 2.45) is 0 Å². The Morgan fingerprint density at radius 1 is 1.04 bits per heavy atom. The maximum atomic E-state index is 6.22. The van der Waals surface area contributed by atoms with Crippen LogP contribution in [0.1, 0.15) is 50.3 Å². The van der Waals surface area contributed by atoms with Crippen LogP contribution in [0.4, 0.5) is 0 Å². The van der Waals surface area contributed by atoms with E-state index in [1.807, 2.05) is 44.2 Å². The zero-order valence-corrected chi connectivity index (χ0v) is 15.1. The maximum Gasteiger partial charge on any atom is 0.180 e. The molecule has 25 heavy (non-hydrogen) atoms. The van der Waals surface area contributed by atoms with E-state index in [0.717, 1.165) is 46.8 Å². The molecule has 0 unspecified atom stereocenters. The van der Waals surface area contributed by atoms with Crippen LogP contribution in [0.15, 0.2) is 66.1 Å². The molecule has 0 amide bonds. The molecular formula is C23H24O2. The van der Waals surface area contributed by atoms with Gasteiger partial charge in [0.15, 0.2) is 5.76 Å². The lowest BCUT2D eigenvalue weighted by Gasteiger charge is -2.20. The van der Waals surface area contributed by atoms with E-state index in [0.29, 0.717) is 0 Å². The normalized spacial score (nSPS) is 12.8. The molecule has 1 aliphatic heterocycles. The van der Waals surface area contributed by atoms with Gasteiger partial charge in [-0.25, -0.2) is 0 Å². The Hall–Kier alpha value is -2.70. The van der Waals surface area contributed by atoms with E-state index in [-0.39, 0.29) is 6.10 Å². The maximum absolute atomic E-state index is 6.22. The second kappa shape index (κ2) is 7.92. The molecular weight excluding hydrogens is 308 g/mol. The molecule has 0 atom stereocenters. The van der Waals surface area contributed by atoms with Crippen molar-refractivity contribution in [1.29, 1.82) is 0 Å². The van der Waals surface area contributed by atoms with Crippen LogP contribution in [0, 0.1) is 0 Å².